The van der Waals surface area contributed by atoms with Crippen LogP contribution in [0.1, 0.15) is 0 Å². The van der Waals surface area contributed by atoms with Crippen LogP contribution in [0.15, 0.2) is 24.3 Å². The second-order valence-corrected chi connectivity index (χ2v) is 10.0. The van der Waals surface area contributed by atoms with E-state index in [2.05, 4.69) is 0 Å². The van der Waals surface area contributed by atoms with Crippen molar-refractivity contribution in [1.82, 2.24) is 0 Å². The van der Waals surface area contributed by atoms with Crippen molar-refractivity contribution >= 4 is 18.1 Å². The molecule has 0 fully saturated rings. The molecule has 6 heteroatoms. The summed E-state index contributed by atoms with van der Waals surface area (Å²) in [6.07, 6.45) is 0. The van der Waals surface area contributed by atoms with E-state index in [1.807, 2.05) is 24.3 Å². The molecule has 0 atom stereocenters. The average Bonchev–Trinajstić information content (AvgIpc) is 2.79. The van der Waals surface area contributed by atoms with E-state index in [1.54, 1.807) is 11.5 Å². The first-order valence-electron chi connectivity index (χ1n) is 4.36. The Balaban J connectivity index is -0.0000000900. The Labute approximate surface area is 120 Å². The molecule has 0 heterocycles. The molecule has 16 heavy (non-hydrogen) atoms. The number of halogens is 1. The van der Waals surface area contributed by atoms with Gasteiger partial charge in [0.05, 0.1) is 0 Å². The van der Waals surface area contributed by atoms with E-state index in [-0.39, 0.29) is 26.2 Å². The Hall–Kier alpha value is 0.586. The standard InChI is InChI=1S/C7H10FGe.3CH4O.Zr/c1-9(2,8)7-5-3-4-6-7;3*1-2;/h3-6H,1-2H3;3*2H,1H3;/q-1;;;;. The Morgan fingerprint density at radius 2 is 1.12 bits per heavy atom. The number of aliphatic hydroxyl groups excluding tert-OH is 3. The van der Waals surface area contributed by atoms with Gasteiger partial charge in [0.2, 0.25) is 0 Å². The van der Waals surface area contributed by atoms with Crippen LogP contribution in [0.25, 0.3) is 0 Å². The topological polar surface area (TPSA) is 60.7 Å². The number of aliphatic hydroxyl groups is 3. The monoisotopic (exact) mass is 373 g/mol. The van der Waals surface area contributed by atoms with E-state index in [4.69, 9.17) is 15.3 Å². The molecule has 0 saturated heterocycles. The predicted octanol–water partition coefficient (Wildman–Crippen LogP) is 0.610. The van der Waals surface area contributed by atoms with Gasteiger partial charge in [-0.3, -0.25) is 0 Å². The van der Waals surface area contributed by atoms with Crippen molar-refractivity contribution < 1.29 is 45.0 Å². The van der Waals surface area contributed by atoms with E-state index in [0.717, 1.165) is 25.7 Å². The molecule has 0 bridgehead atoms. The third-order valence-corrected chi connectivity index (χ3v) is 4.93. The van der Waals surface area contributed by atoms with Crippen LogP contribution in [0, 0.1) is 0 Å². The molecule has 0 saturated carbocycles. The van der Waals surface area contributed by atoms with Crippen molar-refractivity contribution in [2.45, 2.75) is 11.5 Å². The molecule has 1 aromatic rings. The fourth-order valence-electron chi connectivity index (χ4n) is 0.770. The largest absolute Gasteiger partial charge is 0 e. The van der Waals surface area contributed by atoms with Crippen LogP contribution in [-0.4, -0.2) is 50.4 Å². The number of hydrogen-bond donors (Lipinski definition) is 3. The Morgan fingerprint density at radius 3 is 1.25 bits per heavy atom. The normalized spacial score (nSPS) is 7.81. The maximum Gasteiger partial charge on any atom is 0 e. The van der Waals surface area contributed by atoms with Gasteiger partial charge in [-0.25, -0.2) is 0 Å². The molecule has 3 N–H and O–H groups in total. The zero-order valence-corrected chi connectivity index (χ0v) is 15.1. The third kappa shape index (κ3) is 14.6. The van der Waals surface area contributed by atoms with Gasteiger partial charge in [0.1, 0.15) is 0 Å². The molecule has 0 spiro atoms. The molecule has 1 rings (SSSR count). The van der Waals surface area contributed by atoms with Gasteiger partial charge in [-0.1, -0.05) is 0 Å². The Morgan fingerprint density at radius 1 is 0.875 bits per heavy atom. The van der Waals surface area contributed by atoms with Gasteiger partial charge in [-0.2, -0.15) is 0 Å². The van der Waals surface area contributed by atoms with Crippen LogP contribution in [0.3, 0.4) is 0 Å². The molecule has 1 aromatic carbocycles. The molecule has 0 aromatic heterocycles. The minimum atomic E-state index is -2.94. The van der Waals surface area contributed by atoms with Crippen LogP contribution in [0.5, 0.6) is 0 Å². The van der Waals surface area contributed by atoms with Gasteiger partial charge in [0.25, 0.3) is 0 Å². The number of hydrogen-bond acceptors (Lipinski definition) is 3. The fourth-order valence-corrected chi connectivity index (χ4v) is 2.84. The molecular formula is C10H22FGeO3Zr-. The summed E-state index contributed by atoms with van der Waals surface area (Å²) in [5, 5.41) is 21.0. The summed E-state index contributed by atoms with van der Waals surface area (Å²) in [6, 6.07) is 7.53. The van der Waals surface area contributed by atoms with Crippen molar-refractivity contribution in [2.24, 2.45) is 0 Å². The van der Waals surface area contributed by atoms with Crippen LogP contribution in [0.2, 0.25) is 11.5 Å². The summed E-state index contributed by atoms with van der Waals surface area (Å²) in [5.41, 5.74) is 0. The van der Waals surface area contributed by atoms with Gasteiger partial charge in [0, 0.05) is 47.5 Å². The van der Waals surface area contributed by atoms with Crippen molar-refractivity contribution in [3.63, 3.8) is 0 Å². The maximum absolute atomic E-state index is 13.1. The van der Waals surface area contributed by atoms with E-state index in [1.165, 1.54) is 0 Å². The first-order chi connectivity index (χ1) is 7.11. The molecule has 0 aliphatic heterocycles. The van der Waals surface area contributed by atoms with E-state index >= 15 is 0 Å². The Bertz CT molecular complexity index is 188. The first-order valence-corrected chi connectivity index (χ1v) is 10.4. The van der Waals surface area contributed by atoms with E-state index in [0.29, 0.717) is 0 Å². The molecule has 0 aliphatic carbocycles. The SMILES string of the molecule is CO.CO.CO.[CH3][Ge]([CH3])([F])[c-]1cccc1.[Zr]. The second kappa shape index (κ2) is 18.0. The first kappa shape index (κ1) is 25.4. The predicted molar refractivity (Wildman–Crippen MR) is 64.7 cm³/mol. The summed E-state index contributed by atoms with van der Waals surface area (Å²) in [5.74, 6) is 3.49. The quantitative estimate of drug-likeness (QED) is 0.500. The second-order valence-electron chi connectivity index (χ2n) is 2.65. The van der Waals surface area contributed by atoms with Gasteiger partial charge in [-0.15, -0.1) is 0 Å². The van der Waals surface area contributed by atoms with Crippen molar-refractivity contribution in [2.75, 3.05) is 21.3 Å². The summed E-state index contributed by atoms with van der Waals surface area (Å²) >= 11 is -2.94. The van der Waals surface area contributed by atoms with Crippen LogP contribution < -0.4 is 4.40 Å². The van der Waals surface area contributed by atoms with Gasteiger partial charge >= 0.3 is 57.4 Å². The van der Waals surface area contributed by atoms with Crippen LogP contribution in [-0.2, 0) is 26.2 Å². The minimum absolute atomic E-state index is 0. The van der Waals surface area contributed by atoms with Crippen molar-refractivity contribution in [1.29, 1.82) is 0 Å². The molecular weight excluding hydrogens is 351 g/mol. The van der Waals surface area contributed by atoms with Crippen LogP contribution in [0.4, 0.5) is 3.50 Å². The summed E-state index contributed by atoms with van der Waals surface area (Å²) in [4.78, 5) is 0. The van der Waals surface area contributed by atoms with Crippen molar-refractivity contribution in [3.05, 3.63) is 24.3 Å². The van der Waals surface area contributed by atoms with E-state index in [9.17, 15) is 3.50 Å². The summed E-state index contributed by atoms with van der Waals surface area (Å²) < 4.78 is 14.1. The molecule has 3 nitrogen and oxygen atoms in total. The smallest absolute Gasteiger partial charge is 0 e. The zero-order chi connectivity index (χ0) is 12.9. The van der Waals surface area contributed by atoms with Gasteiger partial charge in [0.15, 0.2) is 0 Å². The molecule has 0 radical (unpaired) electrons. The number of rotatable bonds is 1. The molecule has 96 valence electrons. The third-order valence-electron chi connectivity index (χ3n) is 1.35. The fraction of sp³-hybridized carbons (Fsp3) is 0.500. The van der Waals surface area contributed by atoms with Crippen molar-refractivity contribution in [3.8, 4) is 0 Å². The zero-order valence-electron chi connectivity index (χ0n) is 10.5. The molecule has 0 unspecified atom stereocenters. The van der Waals surface area contributed by atoms with Gasteiger partial charge < -0.3 is 15.3 Å². The Kier molecular flexibility index (Phi) is 28.6. The van der Waals surface area contributed by atoms with Crippen LogP contribution >= 0.6 is 0 Å². The molecule has 0 aliphatic rings. The average molecular weight is 373 g/mol. The summed E-state index contributed by atoms with van der Waals surface area (Å²) in [7, 11) is 3.00. The van der Waals surface area contributed by atoms with Gasteiger partial charge in [-0.05, 0) is 0 Å². The maximum atomic E-state index is 13.1. The molecule has 0 amide bonds. The minimum Gasteiger partial charge on any atom is 0 e. The summed E-state index contributed by atoms with van der Waals surface area (Å²) in [6.45, 7) is 0. The van der Waals surface area contributed by atoms with E-state index < -0.39 is 13.7 Å².